The fraction of sp³-hybridized carbons (Fsp3) is 0.529. The van der Waals surface area contributed by atoms with Crippen LogP contribution in [-0.2, 0) is 9.53 Å². The monoisotopic (exact) mass is 413 g/mol. The second-order valence-corrected chi connectivity index (χ2v) is 7.04. The first-order valence-electron chi connectivity index (χ1n) is 8.37. The summed E-state index contributed by atoms with van der Waals surface area (Å²) >= 11 is 3.29. The first kappa shape index (κ1) is 18.3. The Labute approximate surface area is 154 Å². The van der Waals surface area contributed by atoms with E-state index in [9.17, 15) is 14.0 Å². The number of rotatable bonds is 3. The Hall–Kier alpha value is -1.51. The van der Waals surface area contributed by atoms with Crippen LogP contribution in [0.1, 0.15) is 10.4 Å². The second-order valence-electron chi connectivity index (χ2n) is 6.19. The smallest absolute Gasteiger partial charge is 0.255 e. The molecular formula is C17H21BrFN3O3. The third-order valence-corrected chi connectivity index (χ3v) is 5.23. The number of benzene rings is 1. The largest absolute Gasteiger partial charge is 0.379 e. The molecule has 0 bridgehead atoms. The molecule has 2 aliphatic rings. The van der Waals surface area contributed by atoms with Gasteiger partial charge in [0.25, 0.3) is 5.91 Å². The number of hydrogen-bond donors (Lipinski definition) is 0. The Bertz CT molecular complexity index is 644. The normalized spacial score (nSPS) is 19.1. The lowest BCUT2D eigenvalue weighted by Gasteiger charge is -2.36. The molecule has 6 nitrogen and oxygen atoms in total. The van der Waals surface area contributed by atoms with Crippen LogP contribution < -0.4 is 0 Å². The van der Waals surface area contributed by atoms with Crippen LogP contribution in [-0.4, -0.2) is 85.5 Å². The first-order chi connectivity index (χ1) is 12.0. The van der Waals surface area contributed by atoms with Gasteiger partial charge in [-0.25, -0.2) is 4.39 Å². The van der Waals surface area contributed by atoms with Crippen LogP contribution in [0.3, 0.4) is 0 Å². The van der Waals surface area contributed by atoms with Crippen molar-refractivity contribution in [2.24, 2.45) is 0 Å². The van der Waals surface area contributed by atoms with Crippen molar-refractivity contribution in [2.45, 2.75) is 0 Å². The molecule has 0 aromatic heterocycles. The minimum Gasteiger partial charge on any atom is -0.379 e. The quantitative estimate of drug-likeness (QED) is 0.746. The van der Waals surface area contributed by atoms with Crippen molar-refractivity contribution >= 4 is 27.7 Å². The molecular weight excluding hydrogens is 393 g/mol. The summed E-state index contributed by atoms with van der Waals surface area (Å²) in [5.74, 6) is -0.571. The third kappa shape index (κ3) is 4.56. The maximum Gasteiger partial charge on any atom is 0.255 e. The summed E-state index contributed by atoms with van der Waals surface area (Å²) in [4.78, 5) is 30.5. The molecule has 3 rings (SSSR count). The molecule has 0 radical (unpaired) electrons. The van der Waals surface area contributed by atoms with Crippen molar-refractivity contribution in [3.8, 4) is 0 Å². The van der Waals surface area contributed by atoms with Crippen LogP contribution in [0.25, 0.3) is 0 Å². The van der Waals surface area contributed by atoms with E-state index in [1.54, 1.807) is 9.80 Å². The third-order valence-electron chi connectivity index (χ3n) is 4.54. The van der Waals surface area contributed by atoms with Crippen LogP contribution in [0, 0.1) is 5.82 Å². The topological polar surface area (TPSA) is 53.1 Å². The minimum absolute atomic E-state index is 0.0842. The molecule has 136 valence electrons. The van der Waals surface area contributed by atoms with Crippen molar-refractivity contribution in [1.29, 1.82) is 0 Å². The fourth-order valence-electron chi connectivity index (χ4n) is 3.04. The predicted octanol–water partition coefficient (Wildman–Crippen LogP) is 1.20. The first-order valence-corrected chi connectivity index (χ1v) is 9.16. The van der Waals surface area contributed by atoms with Crippen molar-refractivity contribution in [1.82, 2.24) is 14.7 Å². The number of amides is 2. The highest BCUT2D eigenvalue weighted by Crippen LogP contribution is 2.20. The molecule has 25 heavy (non-hydrogen) atoms. The highest BCUT2D eigenvalue weighted by molar-refractivity contribution is 9.10. The zero-order valence-electron chi connectivity index (χ0n) is 13.9. The molecule has 2 amide bonds. The molecule has 2 aliphatic heterocycles. The minimum atomic E-state index is -0.439. The molecule has 0 aliphatic carbocycles. The number of nitrogens with zero attached hydrogens (tertiary/aromatic N) is 3. The van der Waals surface area contributed by atoms with E-state index in [0.717, 1.165) is 13.1 Å². The Morgan fingerprint density at radius 1 is 1.04 bits per heavy atom. The van der Waals surface area contributed by atoms with Gasteiger partial charge in [0.15, 0.2) is 0 Å². The van der Waals surface area contributed by atoms with Crippen molar-refractivity contribution < 1.29 is 18.7 Å². The summed E-state index contributed by atoms with van der Waals surface area (Å²) in [6.07, 6.45) is 0. The van der Waals surface area contributed by atoms with Gasteiger partial charge in [-0.3, -0.25) is 14.5 Å². The van der Waals surface area contributed by atoms with E-state index < -0.39 is 5.82 Å². The maximum atomic E-state index is 13.4. The van der Waals surface area contributed by atoms with E-state index in [-0.39, 0.29) is 11.8 Å². The van der Waals surface area contributed by atoms with Crippen LogP contribution >= 0.6 is 15.9 Å². The number of halogens is 2. The fourth-order valence-corrected chi connectivity index (χ4v) is 3.46. The summed E-state index contributed by atoms with van der Waals surface area (Å²) in [6, 6.07) is 4.08. The lowest BCUT2D eigenvalue weighted by molar-refractivity contribution is -0.134. The van der Waals surface area contributed by atoms with Gasteiger partial charge in [-0.1, -0.05) is 0 Å². The Morgan fingerprint density at radius 2 is 1.68 bits per heavy atom. The molecule has 2 fully saturated rings. The average Bonchev–Trinajstić information content (AvgIpc) is 2.64. The lowest BCUT2D eigenvalue weighted by Crippen LogP contribution is -2.53. The Kier molecular flexibility index (Phi) is 6.03. The van der Waals surface area contributed by atoms with Crippen LogP contribution in [0.4, 0.5) is 4.39 Å². The summed E-state index contributed by atoms with van der Waals surface area (Å²) in [6.45, 7) is 5.19. The van der Waals surface area contributed by atoms with Crippen molar-refractivity contribution in [2.75, 3.05) is 59.0 Å². The van der Waals surface area contributed by atoms with Gasteiger partial charge in [-0.05, 0) is 34.1 Å². The maximum absolute atomic E-state index is 13.4. The molecule has 1 aromatic carbocycles. The SMILES string of the molecule is O=C(CN1CCOCC1)N1CCN(C(=O)c2cc(F)ccc2Br)CC1. The summed E-state index contributed by atoms with van der Waals surface area (Å²) < 4.78 is 19.3. The van der Waals surface area contributed by atoms with Gasteiger partial charge in [0.05, 0.1) is 25.3 Å². The van der Waals surface area contributed by atoms with Gasteiger partial charge < -0.3 is 14.5 Å². The lowest BCUT2D eigenvalue weighted by atomic mass is 10.1. The van der Waals surface area contributed by atoms with E-state index in [1.807, 2.05) is 0 Å². The molecule has 8 heteroatoms. The molecule has 2 saturated heterocycles. The van der Waals surface area contributed by atoms with Gasteiger partial charge in [0.1, 0.15) is 5.82 Å². The van der Waals surface area contributed by atoms with Crippen molar-refractivity contribution in [3.63, 3.8) is 0 Å². The highest BCUT2D eigenvalue weighted by Gasteiger charge is 2.27. The highest BCUT2D eigenvalue weighted by atomic mass is 79.9. The molecule has 0 N–H and O–H groups in total. The van der Waals surface area contributed by atoms with Gasteiger partial charge in [0, 0.05) is 43.7 Å². The Balaban J connectivity index is 1.53. The summed E-state index contributed by atoms with van der Waals surface area (Å²) in [5, 5.41) is 0. The van der Waals surface area contributed by atoms with Gasteiger partial charge in [-0.15, -0.1) is 0 Å². The Morgan fingerprint density at radius 3 is 2.36 bits per heavy atom. The van der Waals surface area contributed by atoms with Crippen LogP contribution in [0.2, 0.25) is 0 Å². The van der Waals surface area contributed by atoms with Gasteiger partial charge in [-0.2, -0.15) is 0 Å². The number of piperazine rings is 1. The zero-order chi connectivity index (χ0) is 17.8. The van der Waals surface area contributed by atoms with Crippen LogP contribution in [0.5, 0.6) is 0 Å². The van der Waals surface area contributed by atoms with E-state index in [0.29, 0.717) is 56.0 Å². The van der Waals surface area contributed by atoms with Crippen LogP contribution in [0.15, 0.2) is 22.7 Å². The summed E-state index contributed by atoms with van der Waals surface area (Å²) in [5.41, 5.74) is 0.313. The molecule has 0 saturated carbocycles. The van der Waals surface area contributed by atoms with E-state index in [4.69, 9.17) is 4.74 Å². The number of hydrogen-bond acceptors (Lipinski definition) is 4. The van der Waals surface area contributed by atoms with Gasteiger partial charge in [0.2, 0.25) is 5.91 Å². The number of ether oxygens (including phenoxy) is 1. The summed E-state index contributed by atoms with van der Waals surface area (Å²) in [7, 11) is 0. The van der Waals surface area contributed by atoms with Crippen molar-refractivity contribution in [3.05, 3.63) is 34.1 Å². The standard InChI is InChI=1S/C17H21BrFN3O3/c18-15-2-1-13(19)11-14(15)17(24)22-5-3-21(4-6-22)16(23)12-20-7-9-25-10-8-20/h1-2,11H,3-10,12H2. The van der Waals surface area contributed by atoms with E-state index in [1.165, 1.54) is 18.2 Å². The zero-order valence-corrected chi connectivity index (χ0v) is 15.5. The predicted molar refractivity (Wildman–Crippen MR) is 93.8 cm³/mol. The number of carbonyl (C=O) groups excluding carboxylic acids is 2. The molecule has 0 spiro atoms. The second kappa shape index (κ2) is 8.25. The van der Waals surface area contributed by atoms with E-state index >= 15 is 0 Å². The van der Waals surface area contributed by atoms with E-state index in [2.05, 4.69) is 20.8 Å². The number of morpholine rings is 1. The number of carbonyl (C=O) groups is 2. The van der Waals surface area contributed by atoms with Gasteiger partial charge >= 0.3 is 0 Å². The molecule has 1 aromatic rings. The molecule has 2 heterocycles. The molecule has 0 unspecified atom stereocenters. The average molecular weight is 414 g/mol. The molecule has 0 atom stereocenters.